The van der Waals surface area contributed by atoms with Crippen molar-refractivity contribution >= 4 is 43.0 Å². The summed E-state index contributed by atoms with van der Waals surface area (Å²) in [5.74, 6) is -0.0905. The molecule has 7 heteroatoms. The fourth-order valence-corrected chi connectivity index (χ4v) is 5.56. The van der Waals surface area contributed by atoms with Crippen molar-refractivity contribution in [1.82, 2.24) is 5.32 Å². The van der Waals surface area contributed by atoms with Crippen LogP contribution in [0.2, 0.25) is 0 Å². The van der Waals surface area contributed by atoms with Gasteiger partial charge >= 0.3 is 0 Å². The average molecular weight is 431 g/mol. The van der Waals surface area contributed by atoms with Gasteiger partial charge in [0.05, 0.1) is 15.5 Å². The highest BCUT2D eigenvalue weighted by molar-refractivity contribution is 7.92. The molecule has 2 aromatic carbocycles. The van der Waals surface area contributed by atoms with E-state index in [0.29, 0.717) is 30.1 Å². The summed E-state index contributed by atoms with van der Waals surface area (Å²) in [5, 5.41) is 3.75. The molecule has 1 heterocycles. The maximum atomic E-state index is 13.3. The van der Waals surface area contributed by atoms with Gasteiger partial charge in [-0.25, -0.2) is 8.42 Å². The Bertz CT molecular complexity index is 1100. The number of sulfonamides is 1. The first-order valence-electron chi connectivity index (χ1n) is 9.78. The van der Waals surface area contributed by atoms with Crippen molar-refractivity contribution in [2.45, 2.75) is 38.5 Å². The van der Waals surface area contributed by atoms with Crippen LogP contribution in [0.5, 0.6) is 0 Å². The normalized spacial score (nSPS) is 11.6. The number of amides is 1. The number of carbonyl (C=O) groups is 1. The Morgan fingerprint density at radius 3 is 2.41 bits per heavy atom. The number of benzene rings is 2. The van der Waals surface area contributed by atoms with E-state index in [0.717, 1.165) is 22.1 Å². The molecule has 1 amide bonds. The SMILES string of the molecule is CCCNC(=O)c1cc2cc(N(CCC)S(=O)(=O)c3ccc(C)cc3)ccc2s1. The number of aryl methyl sites for hydroxylation is 1. The fraction of sp³-hybridized carbons (Fsp3) is 0.318. The molecule has 154 valence electrons. The second kappa shape index (κ2) is 8.97. The third-order valence-electron chi connectivity index (χ3n) is 4.58. The van der Waals surface area contributed by atoms with Gasteiger partial charge in [-0.2, -0.15) is 0 Å². The monoisotopic (exact) mass is 430 g/mol. The van der Waals surface area contributed by atoms with Gasteiger partial charge in [-0.15, -0.1) is 11.3 Å². The lowest BCUT2D eigenvalue weighted by Crippen LogP contribution is -2.31. The van der Waals surface area contributed by atoms with Crippen molar-refractivity contribution in [3.05, 3.63) is 59.0 Å². The second-order valence-electron chi connectivity index (χ2n) is 6.98. The van der Waals surface area contributed by atoms with Crippen LogP contribution in [0.1, 0.15) is 41.9 Å². The standard InChI is InChI=1S/C22H26N2O3S2/c1-4-12-23-22(25)21-15-17-14-18(8-11-20(17)28-21)24(13-5-2)29(26,27)19-9-6-16(3)7-10-19/h6-11,14-15H,4-5,12-13H2,1-3H3,(H,23,25). The van der Waals surface area contributed by atoms with E-state index in [2.05, 4.69) is 5.32 Å². The molecule has 0 unspecified atom stereocenters. The predicted octanol–water partition coefficient (Wildman–Crippen LogP) is 4.95. The molecule has 3 aromatic rings. The smallest absolute Gasteiger partial charge is 0.264 e. The lowest BCUT2D eigenvalue weighted by molar-refractivity contribution is 0.0957. The van der Waals surface area contributed by atoms with Gasteiger partial charge in [0.25, 0.3) is 15.9 Å². The Morgan fingerprint density at radius 1 is 1.03 bits per heavy atom. The van der Waals surface area contributed by atoms with Crippen molar-refractivity contribution in [1.29, 1.82) is 0 Å². The number of hydrogen-bond donors (Lipinski definition) is 1. The van der Waals surface area contributed by atoms with E-state index < -0.39 is 10.0 Å². The molecule has 0 bridgehead atoms. The molecular formula is C22H26N2O3S2. The van der Waals surface area contributed by atoms with Crippen LogP contribution in [0.4, 0.5) is 5.69 Å². The molecule has 3 rings (SSSR count). The number of fused-ring (bicyclic) bond motifs is 1. The van der Waals surface area contributed by atoms with Crippen molar-refractivity contribution in [3.63, 3.8) is 0 Å². The number of nitrogens with zero attached hydrogens (tertiary/aromatic N) is 1. The molecule has 0 atom stereocenters. The first-order valence-corrected chi connectivity index (χ1v) is 12.0. The minimum atomic E-state index is -3.67. The molecule has 0 aliphatic heterocycles. The largest absolute Gasteiger partial charge is 0.351 e. The van der Waals surface area contributed by atoms with Gasteiger partial charge in [-0.1, -0.05) is 31.5 Å². The van der Waals surface area contributed by atoms with Crippen LogP contribution in [-0.4, -0.2) is 27.4 Å². The predicted molar refractivity (Wildman–Crippen MR) is 120 cm³/mol. The van der Waals surface area contributed by atoms with E-state index in [1.54, 1.807) is 24.3 Å². The molecule has 5 nitrogen and oxygen atoms in total. The molecule has 0 saturated heterocycles. The number of hydrogen-bond acceptors (Lipinski definition) is 4. The number of thiophene rings is 1. The van der Waals surface area contributed by atoms with Crippen molar-refractivity contribution < 1.29 is 13.2 Å². The van der Waals surface area contributed by atoms with E-state index in [-0.39, 0.29) is 10.8 Å². The highest BCUT2D eigenvalue weighted by Crippen LogP contribution is 2.32. The van der Waals surface area contributed by atoms with Crippen molar-refractivity contribution in [2.24, 2.45) is 0 Å². The van der Waals surface area contributed by atoms with Gasteiger partial charge in [-0.05, 0) is 61.5 Å². The molecule has 1 N–H and O–H groups in total. The zero-order valence-corrected chi connectivity index (χ0v) is 18.6. The number of rotatable bonds is 8. The second-order valence-corrected chi connectivity index (χ2v) is 9.92. The minimum Gasteiger partial charge on any atom is -0.351 e. The summed E-state index contributed by atoms with van der Waals surface area (Å²) in [5.41, 5.74) is 1.62. The molecule has 0 radical (unpaired) electrons. The summed E-state index contributed by atoms with van der Waals surface area (Å²) in [6.07, 6.45) is 1.57. The lowest BCUT2D eigenvalue weighted by Gasteiger charge is -2.24. The summed E-state index contributed by atoms with van der Waals surface area (Å²) < 4.78 is 28.9. The maximum Gasteiger partial charge on any atom is 0.264 e. The molecule has 1 aromatic heterocycles. The molecule has 0 spiro atoms. The molecule has 0 aliphatic rings. The Labute approximate surface area is 176 Å². The van der Waals surface area contributed by atoms with Crippen LogP contribution < -0.4 is 9.62 Å². The summed E-state index contributed by atoms with van der Waals surface area (Å²) in [4.78, 5) is 13.2. The van der Waals surface area contributed by atoms with Gasteiger partial charge in [0, 0.05) is 17.8 Å². The average Bonchev–Trinajstić information content (AvgIpc) is 3.13. The third kappa shape index (κ3) is 4.62. The van der Waals surface area contributed by atoms with E-state index in [4.69, 9.17) is 0 Å². The first kappa shape index (κ1) is 21.3. The number of carbonyl (C=O) groups excluding carboxylic acids is 1. The quantitative estimate of drug-likeness (QED) is 0.550. The van der Waals surface area contributed by atoms with E-state index in [1.165, 1.54) is 15.6 Å². The Morgan fingerprint density at radius 2 is 1.76 bits per heavy atom. The minimum absolute atomic E-state index is 0.0905. The first-order chi connectivity index (χ1) is 13.9. The van der Waals surface area contributed by atoms with E-state index >= 15 is 0 Å². The van der Waals surface area contributed by atoms with Gasteiger partial charge in [0.2, 0.25) is 0 Å². The van der Waals surface area contributed by atoms with Crippen LogP contribution in [0.25, 0.3) is 10.1 Å². The Hall–Kier alpha value is -2.38. The molecule has 29 heavy (non-hydrogen) atoms. The third-order valence-corrected chi connectivity index (χ3v) is 7.54. The van der Waals surface area contributed by atoms with Crippen LogP contribution in [0, 0.1) is 6.92 Å². The number of anilines is 1. The lowest BCUT2D eigenvalue weighted by atomic mass is 10.2. The van der Waals surface area contributed by atoms with Crippen LogP contribution >= 0.6 is 11.3 Å². The molecule has 0 aliphatic carbocycles. The summed E-state index contributed by atoms with van der Waals surface area (Å²) in [6, 6.07) is 14.3. The van der Waals surface area contributed by atoms with Crippen LogP contribution in [0.3, 0.4) is 0 Å². The van der Waals surface area contributed by atoms with Crippen LogP contribution in [-0.2, 0) is 10.0 Å². The summed E-state index contributed by atoms with van der Waals surface area (Å²) in [7, 11) is -3.67. The fourth-order valence-electron chi connectivity index (χ4n) is 3.05. The summed E-state index contributed by atoms with van der Waals surface area (Å²) in [6.45, 7) is 6.91. The van der Waals surface area contributed by atoms with E-state index in [9.17, 15) is 13.2 Å². The van der Waals surface area contributed by atoms with Gasteiger partial charge in [0.1, 0.15) is 0 Å². The van der Waals surface area contributed by atoms with Gasteiger partial charge in [0.15, 0.2) is 0 Å². The summed E-state index contributed by atoms with van der Waals surface area (Å²) >= 11 is 1.42. The van der Waals surface area contributed by atoms with E-state index in [1.807, 2.05) is 45.0 Å². The Balaban J connectivity index is 1.98. The highest BCUT2D eigenvalue weighted by Gasteiger charge is 2.24. The Kier molecular flexibility index (Phi) is 6.59. The van der Waals surface area contributed by atoms with Crippen LogP contribution in [0.15, 0.2) is 53.4 Å². The van der Waals surface area contributed by atoms with Crippen molar-refractivity contribution in [3.8, 4) is 0 Å². The van der Waals surface area contributed by atoms with Gasteiger partial charge in [-0.3, -0.25) is 9.10 Å². The molecular weight excluding hydrogens is 404 g/mol. The zero-order valence-electron chi connectivity index (χ0n) is 16.9. The van der Waals surface area contributed by atoms with Crippen molar-refractivity contribution in [2.75, 3.05) is 17.4 Å². The zero-order chi connectivity index (χ0) is 21.0. The topological polar surface area (TPSA) is 66.5 Å². The molecule has 0 fully saturated rings. The van der Waals surface area contributed by atoms with Gasteiger partial charge < -0.3 is 5.32 Å². The molecule has 0 saturated carbocycles. The maximum absolute atomic E-state index is 13.3. The number of nitrogens with one attached hydrogen (secondary N) is 1. The highest BCUT2D eigenvalue weighted by atomic mass is 32.2.